The maximum Gasteiger partial charge on any atom is 0.336 e. The van der Waals surface area contributed by atoms with Crippen LogP contribution in [0.1, 0.15) is 37.3 Å². The second kappa shape index (κ2) is 10.4. The number of aryl methyl sites for hydroxylation is 1. The van der Waals surface area contributed by atoms with Crippen molar-refractivity contribution in [1.29, 1.82) is 0 Å². The third-order valence-electron chi connectivity index (χ3n) is 7.33. The summed E-state index contributed by atoms with van der Waals surface area (Å²) in [5.41, 5.74) is -1.15. The van der Waals surface area contributed by atoms with Crippen LogP contribution in [0.2, 0.25) is 0 Å². The van der Waals surface area contributed by atoms with Crippen LogP contribution in [-0.2, 0) is 10.2 Å². The molecular formula is C27H26FIN6O5S. The highest BCUT2D eigenvalue weighted by atomic mass is 127. The van der Waals surface area contributed by atoms with Crippen molar-refractivity contribution in [2.24, 2.45) is 0 Å². The first-order valence-corrected chi connectivity index (χ1v) is 15.6. The first-order chi connectivity index (χ1) is 19.5. The summed E-state index contributed by atoms with van der Waals surface area (Å²) in [5, 5.41) is 2.86. The number of hydrogen-bond donors (Lipinski definition) is 3. The van der Waals surface area contributed by atoms with E-state index >= 15 is 0 Å². The predicted molar refractivity (Wildman–Crippen MR) is 163 cm³/mol. The molecule has 214 valence electrons. The topological polar surface area (TPSA) is 138 Å². The summed E-state index contributed by atoms with van der Waals surface area (Å²) in [4.78, 5) is 43.5. The monoisotopic (exact) mass is 692 g/mol. The maximum absolute atomic E-state index is 14.8. The molecule has 1 saturated heterocycles. The van der Waals surface area contributed by atoms with E-state index in [4.69, 9.17) is 0 Å². The lowest BCUT2D eigenvalue weighted by atomic mass is 10.1. The van der Waals surface area contributed by atoms with Crippen molar-refractivity contribution in [3.63, 3.8) is 0 Å². The Kier molecular flexibility index (Phi) is 7.02. The summed E-state index contributed by atoms with van der Waals surface area (Å²) in [5.74, 6) is -0.630. The van der Waals surface area contributed by atoms with Crippen LogP contribution >= 0.6 is 22.6 Å². The second-order valence-electron chi connectivity index (χ2n) is 10.2. The zero-order valence-corrected chi connectivity index (χ0v) is 24.9. The largest absolute Gasteiger partial charge is 0.339 e. The third kappa shape index (κ3) is 5.08. The van der Waals surface area contributed by atoms with Crippen molar-refractivity contribution in [2.75, 3.05) is 23.1 Å². The maximum atomic E-state index is 14.8. The molecule has 0 bridgehead atoms. The number of anilines is 3. The fourth-order valence-corrected chi connectivity index (χ4v) is 6.89. The Morgan fingerprint density at radius 1 is 1.05 bits per heavy atom. The van der Waals surface area contributed by atoms with E-state index in [-0.39, 0.29) is 45.4 Å². The van der Waals surface area contributed by atoms with Gasteiger partial charge in [0.15, 0.2) is 0 Å². The van der Waals surface area contributed by atoms with Gasteiger partial charge < -0.3 is 10.3 Å². The van der Waals surface area contributed by atoms with Crippen molar-refractivity contribution in [3.8, 4) is 5.69 Å². The lowest BCUT2D eigenvalue weighted by Gasteiger charge is -2.20. The van der Waals surface area contributed by atoms with Crippen LogP contribution in [0, 0.1) is 16.3 Å². The zero-order chi connectivity index (χ0) is 29.1. The Morgan fingerprint density at radius 3 is 2.46 bits per heavy atom. The standard InChI is InChI=1S/C27H26FIN6O5S/c1-15-23-22(24(31-25(15)36)30-21-10-7-16(29)13-20(21)28)26(37)35(18-8-9-18)27(38)34(23)19-6-4-5-17(14-19)32-41(39,40)33-11-2-3-12-33/h4-7,10,13-14,18,32H,2-3,8-9,11-12H2,1H3,(H2,30,31,36). The van der Waals surface area contributed by atoms with Crippen LogP contribution in [0.4, 0.5) is 21.6 Å². The van der Waals surface area contributed by atoms with Crippen LogP contribution < -0.4 is 26.8 Å². The first-order valence-electron chi connectivity index (χ1n) is 13.1. The minimum atomic E-state index is -3.81. The van der Waals surface area contributed by atoms with Gasteiger partial charge in [-0.15, -0.1) is 0 Å². The van der Waals surface area contributed by atoms with E-state index in [0.29, 0.717) is 29.5 Å². The molecule has 1 aliphatic carbocycles. The Hall–Kier alpha value is -3.50. The van der Waals surface area contributed by atoms with E-state index < -0.39 is 32.8 Å². The van der Waals surface area contributed by atoms with Gasteiger partial charge in [0.05, 0.1) is 22.6 Å². The normalized spacial score (nSPS) is 15.9. The number of aromatic nitrogens is 3. The van der Waals surface area contributed by atoms with Crippen LogP contribution in [0.5, 0.6) is 0 Å². The fourth-order valence-electron chi connectivity index (χ4n) is 5.15. The molecule has 0 spiro atoms. The van der Waals surface area contributed by atoms with Gasteiger partial charge in [0.2, 0.25) is 0 Å². The molecular weight excluding hydrogens is 666 g/mol. The summed E-state index contributed by atoms with van der Waals surface area (Å²) in [6.07, 6.45) is 2.82. The lowest BCUT2D eigenvalue weighted by Crippen LogP contribution is -2.40. The minimum Gasteiger partial charge on any atom is -0.339 e. The third-order valence-corrected chi connectivity index (χ3v) is 9.54. The summed E-state index contributed by atoms with van der Waals surface area (Å²) in [7, 11) is -3.81. The van der Waals surface area contributed by atoms with Crippen molar-refractivity contribution in [1.82, 2.24) is 18.4 Å². The molecule has 11 nitrogen and oxygen atoms in total. The molecule has 6 rings (SSSR count). The molecule has 14 heteroatoms. The molecule has 0 atom stereocenters. The van der Waals surface area contributed by atoms with Crippen molar-refractivity contribution in [2.45, 2.75) is 38.6 Å². The lowest BCUT2D eigenvalue weighted by molar-refractivity contribution is 0.482. The molecule has 3 heterocycles. The van der Waals surface area contributed by atoms with Gasteiger partial charge in [-0.25, -0.2) is 9.18 Å². The number of benzene rings is 2. The molecule has 0 radical (unpaired) electrons. The number of aromatic amines is 1. The van der Waals surface area contributed by atoms with E-state index in [0.717, 1.165) is 17.4 Å². The highest BCUT2D eigenvalue weighted by Crippen LogP contribution is 2.34. The molecule has 2 fully saturated rings. The number of H-pyrrole nitrogens is 1. The highest BCUT2D eigenvalue weighted by molar-refractivity contribution is 14.1. The average Bonchev–Trinajstić information content (AvgIpc) is 3.57. The van der Waals surface area contributed by atoms with Crippen molar-refractivity contribution in [3.05, 3.63) is 88.6 Å². The Bertz CT molecular complexity index is 1990. The highest BCUT2D eigenvalue weighted by Gasteiger charge is 2.31. The van der Waals surface area contributed by atoms with Gasteiger partial charge in [0.1, 0.15) is 17.0 Å². The van der Waals surface area contributed by atoms with Gasteiger partial charge in [-0.05, 0) is 91.6 Å². The molecule has 1 aliphatic heterocycles. The Balaban J connectivity index is 1.58. The molecule has 2 aromatic heterocycles. The van der Waals surface area contributed by atoms with E-state index in [1.165, 1.54) is 34.0 Å². The quantitative estimate of drug-likeness (QED) is 0.253. The molecule has 4 aromatic rings. The summed E-state index contributed by atoms with van der Waals surface area (Å²) in [6.45, 7) is 2.34. The number of rotatable bonds is 7. The smallest absolute Gasteiger partial charge is 0.336 e. The van der Waals surface area contributed by atoms with Crippen molar-refractivity contribution < 1.29 is 12.8 Å². The van der Waals surface area contributed by atoms with Crippen molar-refractivity contribution >= 4 is 60.9 Å². The summed E-state index contributed by atoms with van der Waals surface area (Å²) < 4.78 is 47.6. The van der Waals surface area contributed by atoms with Crippen LogP contribution in [0.3, 0.4) is 0 Å². The first kappa shape index (κ1) is 27.7. The molecule has 41 heavy (non-hydrogen) atoms. The Morgan fingerprint density at radius 2 is 1.78 bits per heavy atom. The summed E-state index contributed by atoms with van der Waals surface area (Å²) in [6, 6.07) is 10.4. The summed E-state index contributed by atoms with van der Waals surface area (Å²) >= 11 is 1.97. The number of pyridine rings is 1. The van der Waals surface area contributed by atoms with Gasteiger partial charge in [-0.3, -0.25) is 23.4 Å². The number of fused-ring (bicyclic) bond motifs is 1. The SMILES string of the molecule is Cc1c(=O)[nH]c(Nc2ccc(I)cc2F)c2c(=O)n(C3CC3)c(=O)n(-c3cccc(NS(=O)(=O)N4CCCC4)c3)c12. The number of halogens is 2. The van der Waals surface area contributed by atoms with Gasteiger partial charge >= 0.3 is 15.9 Å². The zero-order valence-electron chi connectivity index (χ0n) is 21.9. The molecule has 1 saturated carbocycles. The van der Waals surface area contributed by atoms with E-state index in [1.54, 1.807) is 24.3 Å². The van der Waals surface area contributed by atoms with E-state index in [2.05, 4.69) is 15.0 Å². The van der Waals surface area contributed by atoms with E-state index in [9.17, 15) is 27.2 Å². The fraction of sp³-hybridized carbons (Fsp3) is 0.296. The molecule has 0 unspecified atom stereocenters. The second-order valence-corrected chi connectivity index (χ2v) is 13.1. The number of nitrogens with zero attached hydrogens (tertiary/aromatic N) is 3. The number of nitrogens with one attached hydrogen (secondary N) is 3. The minimum absolute atomic E-state index is 0.00889. The van der Waals surface area contributed by atoms with Gasteiger partial charge in [0, 0.05) is 28.3 Å². The van der Waals surface area contributed by atoms with Gasteiger partial charge in [-0.1, -0.05) is 6.07 Å². The molecule has 3 N–H and O–H groups in total. The predicted octanol–water partition coefficient (Wildman–Crippen LogP) is 3.72. The van der Waals surface area contributed by atoms with E-state index in [1.807, 2.05) is 22.6 Å². The van der Waals surface area contributed by atoms with Gasteiger partial charge in [0.25, 0.3) is 11.1 Å². The number of hydrogen-bond acceptors (Lipinski definition) is 6. The van der Waals surface area contributed by atoms with Gasteiger partial charge in [-0.2, -0.15) is 12.7 Å². The van der Waals surface area contributed by atoms with Crippen LogP contribution in [0.15, 0.2) is 56.8 Å². The average molecular weight is 693 g/mol. The van der Waals surface area contributed by atoms with Crippen LogP contribution in [0.25, 0.3) is 16.6 Å². The molecule has 2 aromatic carbocycles. The Labute approximate surface area is 247 Å². The molecule has 0 amide bonds. The molecule has 2 aliphatic rings. The van der Waals surface area contributed by atoms with Crippen LogP contribution in [-0.4, -0.2) is 39.9 Å².